The summed E-state index contributed by atoms with van der Waals surface area (Å²) < 4.78 is 0. The highest BCUT2D eigenvalue weighted by Crippen LogP contribution is 2.31. The second-order valence-corrected chi connectivity index (χ2v) is 4.92. The molecule has 1 atom stereocenters. The zero-order valence-electron chi connectivity index (χ0n) is 9.45. The molecule has 0 aliphatic heterocycles. The first-order valence-electron chi connectivity index (χ1n) is 6.15. The van der Waals surface area contributed by atoms with Gasteiger partial charge in [-0.15, -0.1) is 0 Å². The third-order valence-electron chi connectivity index (χ3n) is 3.89. The van der Waals surface area contributed by atoms with Crippen molar-refractivity contribution < 1.29 is 0 Å². The lowest BCUT2D eigenvalue weighted by atomic mass is 9.78. The predicted octanol–water partition coefficient (Wildman–Crippen LogP) is 2.84. The van der Waals surface area contributed by atoms with Gasteiger partial charge in [0.2, 0.25) is 0 Å². The Morgan fingerprint density at radius 3 is 2.88 bits per heavy atom. The number of H-pyrrole nitrogens is 1. The SMILES string of the molecule is NC(Cc1c[nH]c2ccccc12)C1CCC1. The normalized spacial score (nSPS) is 18.6. The van der Waals surface area contributed by atoms with E-state index >= 15 is 0 Å². The highest BCUT2D eigenvalue weighted by Gasteiger charge is 2.24. The maximum atomic E-state index is 6.25. The number of hydrogen-bond acceptors (Lipinski definition) is 1. The van der Waals surface area contributed by atoms with Crippen molar-refractivity contribution >= 4 is 10.9 Å². The van der Waals surface area contributed by atoms with Crippen LogP contribution in [-0.4, -0.2) is 11.0 Å². The van der Waals surface area contributed by atoms with Crippen molar-refractivity contribution in [2.24, 2.45) is 11.7 Å². The second kappa shape index (κ2) is 3.95. The van der Waals surface area contributed by atoms with Gasteiger partial charge in [0, 0.05) is 23.1 Å². The van der Waals surface area contributed by atoms with Crippen LogP contribution in [0.15, 0.2) is 30.5 Å². The highest BCUT2D eigenvalue weighted by atomic mass is 14.7. The van der Waals surface area contributed by atoms with Crippen molar-refractivity contribution in [3.63, 3.8) is 0 Å². The van der Waals surface area contributed by atoms with Crippen LogP contribution < -0.4 is 5.73 Å². The fraction of sp³-hybridized carbons (Fsp3) is 0.429. The van der Waals surface area contributed by atoms with Gasteiger partial charge >= 0.3 is 0 Å². The van der Waals surface area contributed by atoms with E-state index in [4.69, 9.17) is 5.73 Å². The molecule has 1 aliphatic rings. The van der Waals surface area contributed by atoms with Crippen molar-refractivity contribution in [3.8, 4) is 0 Å². The summed E-state index contributed by atoms with van der Waals surface area (Å²) in [6, 6.07) is 8.79. The Kier molecular flexibility index (Phi) is 2.44. The number of nitrogens with two attached hydrogens (primary N) is 1. The first-order chi connectivity index (χ1) is 7.84. The molecule has 1 heterocycles. The number of nitrogens with one attached hydrogen (secondary N) is 1. The van der Waals surface area contributed by atoms with Crippen molar-refractivity contribution in [1.29, 1.82) is 0 Å². The lowest BCUT2D eigenvalue weighted by molar-refractivity contribution is 0.261. The van der Waals surface area contributed by atoms with Gasteiger partial charge in [0.25, 0.3) is 0 Å². The Morgan fingerprint density at radius 2 is 2.12 bits per heavy atom. The minimum Gasteiger partial charge on any atom is -0.361 e. The molecule has 3 N–H and O–H groups in total. The molecule has 84 valence electrons. The van der Waals surface area contributed by atoms with E-state index in [0.717, 1.165) is 12.3 Å². The average molecular weight is 214 g/mol. The van der Waals surface area contributed by atoms with Crippen LogP contribution in [0.4, 0.5) is 0 Å². The minimum atomic E-state index is 0.341. The molecule has 1 aromatic heterocycles. The van der Waals surface area contributed by atoms with Crippen molar-refractivity contribution in [3.05, 3.63) is 36.0 Å². The second-order valence-electron chi connectivity index (χ2n) is 4.92. The molecule has 2 heteroatoms. The topological polar surface area (TPSA) is 41.8 Å². The first-order valence-corrected chi connectivity index (χ1v) is 6.15. The maximum Gasteiger partial charge on any atom is 0.0456 e. The number of aromatic amines is 1. The predicted molar refractivity (Wildman–Crippen MR) is 67.3 cm³/mol. The fourth-order valence-electron chi connectivity index (χ4n) is 2.59. The van der Waals surface area contributed by atoms with Gasteiger partial charge in [-0.25, -0.2) is 0 Å². The highest BCUT2D eigenvalue weighted by molar-refractivity contribution is 5.83. The molecular weight excluding hydrogens is 196 g/mol. The van der Waals surface area contributed by atoms with Crippen molar-refractivity contribution in [2.45, 2.75) is 31.7 Å². The molecule has 2 nitrogen and oxygen atoms in total. The number of para-hydroxylation sites is 1. The van der Waals surface area contributed by atoms with Crippen LogP contribution in [-0.2, 0) is 6.42 Å². The van der Waals surface area contributed by atoms with Gasteiger partial charge in [-0.3, -0.25) is 0 Å². The van der Waals surface area contributed by atoms with Crippen LogP contribution in [0.2, 0.25) is 0 Å². The molecule has 3 rings (SSSR count). The van der Waals surface area contributed by atoms with Gasteiger partial charge in [0.15, 0.2) is 0 Å². The van der Waals surface area contributed by atoms with Gasteiger partial charge in [-0.05, 0) is 36.8 Å². The molecule has 16 heavy (non-hydrogen) atoms. The number of rotatable bonds is 3. The lowest BCUT2D eigenvalue weighted by Gasteiger charge is -2.31. The third-order valence-corrected chi connectivity index (χ3v) is 3.89. The molecule has 1 unspecified atom stereocenters. The molecule has 0 radical (unpaired) electrons. The van der Waals surface area contributed by atoms with Gasteiger partial charge in [-0.2, -0.15) is 0 Å². The van der Waals surface area contributed by atoms with Crippen LogP contribution in [0.1, 0.15) is 24.8 Å². The average Bonchev–Trinajstić information content (AvgIpc) is 2.59. The summed E-state index contributed by atoms with van der Waals surface area (Å²) in [4.78, 5) is 3.31. The summed E-state index contributed by atoms with van der Waals surface area (Å²) in [7, 11) is 0. The van der Waals surface area contributed by atoms with Gasteiger partial charge in [0.1, 0.15) is 0 Å². The molecule has 0 amide bonds. The number of aromatic nitrogens is 1. The lowest BCUT2D eigenvalue weighted by Crippen LogP contribution is -2.36. The Hall–Kier alpha value is -1.28. The summed E-state index contributed by atoms with van der Waals surface area (Å²) in [5, 5.41) is 1.33. The van der Waals surface area contributed by atoms with E-state index in [1.165, 1.54) is 35.7 Å². The zero-order valence-corrected chi connectivity index (χ0v) is 9.45. The molecule has 1 saturated carbocycles. The van der Waals surface area contributed by atoms with E-state index in [0.29, 0.717) is 6.04 Å². The molecule has 0 saturated heterocycles. The molecule has 0 spiro atoms. The van der Waals surface area contributed by atoms with Crippen LogP contribution in [0, 0.1) is 5.92 Å². The monoisotopic (exact) mass is 214 g/mol. The van der Waals surface area contributed by atoms with Crippen LogP contribution >= 0.6 is 0 Å². The molecule has 1 aliphatic carbocycles. The molecule has 0 bridgehead atoms. The standard InChI is InChI=1S/C14H18N2/c15-13(10-4-3-5-10)8-11-9-16-14-7-2-1-6-12(11)14/h1-2,6-7,9-10,13,16H,3-5,8,15H2. The Balaban J connectivity index is 1.83. The number of fused-ring (bicyclic) bond motifs is 1. The number of hydrogen-bond donors (Lipinski definition) is 2. The maximum absolute atomic E-state index is 6.25. The summed E-state index contributed by atoms with van der Waals surface area (Å²) >= 11 is 0. The summed E-state index contributed by atoms with van der Waals surface area (Å²) in [5.41, 5.74) is 8.84. The first kappa shape index (κ1) is 9.91. The van der Waals surface area contributed by atoms with Crippen LogP contribution in [0.3, 0.4) is 0 Å². The van der Waals surface area contributed by atoms with Gasteiger partial charge < -0.3 is 10.7 Å². The van der Waals surface area contributed by atoms with Crippen molar-refractivity contribution in [2.75, 3.05) is 0 Å². The van der Waals surface area contributed by atoms with Crippen molar-refractivity contribution in [1.82, 2.24) is 4.98 Å². The Labute approximate surface area is 95.8 Å². The Bertz CT molecular complexity index is 482. The summed E-state index contributed by atoms with van der Waals surface area (Å²) in [6.07, 6.45) is 7.14. The largest absolute Gasteiger partial charge is 0.361 e. The van der Waals surface area contributed by atoms with Gasteiger partial charge in [0.05, 0.1) is 0 Å². The number of benzene rings is 1. The minimum absolute atomic E-state index is 0.341. The van der Waals surface area contributed by atoms with E-state index < -0.39 is 0 Å². The van der Waals surface area contributed by atoms with E-state index in [1.54, 1.807) is 0 Å². The third kappa shape index (κ3) is 1.63. The molecule has 1 aromatic carbocycles. The van der Waals surface area contributed by atoms with E-state index in [9.17, 15) is 0 Å². The van der Waals surface area contributed by atoms with E-state index in [-0.39, 0.29) is 0 Å². The van der Waals surface area contributed by atoms with E-state index in [2.05, 4.69) is 35.4 Å². The summed E-state index contributed by atoms with van der Waals surface area (Å²) in [6.45, 7) is 0. The molecule has 2 aromatic rings. The summed E-state index contributed by atoms with van der Waals surface area (Å²) in [5.74, 6) is 0.758. The van der Waals surface area contributed by atoms with Crippen LogP contribution in [0.5, 0.6) is 0 Å². The quantitative estimate of drug-likeness (QED) is 0.810. The Morgan fingerprint density at radius 1 is 1.31 bits per heavy atom. The van der Waals surface area contributed by atoms with E-state index in [1.807, 2.05) is 0 Å². The fourth-order valence-corrected chi connectivity index (χ4v) is 2.59. The zero-order chi connectivity index (χ0) is 11.0. The van der Waals surface area contributed by atoms with Crippen LogP contribution in [0.25, 0.3) is 10.9 Å². The molecular formula is C14H18N2. The smallest absolute Gasteiger partial charge is 0.0456 e. The molecule has 1 fully saturated rings. The van der Waals surface area contributed by atoms with Gasteiger partial charge in [-0.1, -0.05) is 24.6 Å².